The molecule has 0 saturated carbocycles. The van der Waals surface area contributed by atoms with Crippen LogP contribution in [0.5, 0.6) is 0 Å². The fourth-order valence-corrected chi connectivity index (χ4v) is 4.35. The Bertz CT molecular complexity index is 1320. The first kappa shape index (κ1) is 23.6. The predicted octanol–water partition coefficient (Wildman–Crippen LogP) is 3.19. The second-order valence-corrected chi connectivity index (χ2v) is 8.77. The largest absolute Gasteiger partial charge is 0.408 e. The van der Waals surface area contributed by atoms with Crippen molar-refractivity contribution >= 4 is 29.3 Å². The van der Waals surface area contributed by atoms with E-state index in [1.165, 1.54) is 11.0 Å². The maximum Gasteiger partial charge on any atom is 0.408 e. The molecule has 10 nitrogen and oxygen atoms in total. The van der Waals surface area contributed by atoms with E-state index in [9.17, 15) is 22.8 Å². The van der Waals surface area contributed by atoms with Gasteiger partial charge in [-0.05, 0) is 43.7 Å². The standard InChI is InChI=1S/C23H23F3N8O2/c1-13(23(24,25)26)28-21(35)17-3-4-18-20(29-17)34(15-6-10-33(18)12-15)22(36)30-19-11-14(5-8-27-19)16-7-9-32(2)31-16/h3-5,7-9,11,13,15H,6,10,12H2,1-2H3,(H,28,35)(H,27,30,36)/t13?,15-/m0/s1. The number of anilines is 3. The van der Waals surface area contributed by atoms with E-state index in [1.54, 1.807) is 42.3 Å². The van der Waals surface area contributed by atoms with E-state index in [4.69, 9.17) is 0 Å². The van der Waals surface area contributed by atoms with E-state index in [0.29, 0.717) is 31.0 Å². The molecule has 5 heterocycles. The average Bonchev–Trinajstić information content (AvgIpc) is 3.45. The Balaban J connectivity index is 1.41. The Morgan fingerprint density at radius 1 is 1.19 bits per heavy atom. The highest BCUT2D eigenvalue weighted by atomic mass is 19.4. The highest BCUT2D eigenvalue weighted by molar-refractivity contribution is 6.05. The van der Waals surface area contributed by atoms with Gasteiger partial charge in [0.15, 0.2) is 5.82 Å². The second-order valence-electron chi connectivity index (χ2n) is 8.77. The molecule has 2 aliphatic heterocycles. The van der Waals surface area contributed by atoms with Crippen molar-refractivity contribution in [3.05, 3.63) is 48.4 Å². The van der Waals surface area contributed by atoms with Gasteiger partial charge in [-0.1, -0.05) is 0 Å². The summed E-state index contributed by atoms with van der Waals surface area (Å²) in [5.74, 6) is -0.451. The van der Waals surface area contributed by atoms with E-state index in [1.807, 2.05) is 16.3 Å². The number of rotatable bonds is 4. The molecule has 1 unspecified atom stereocenters. The number of halogens is 3. The van der Waals surface area contributed by atoms with Gasteiger partial charge < -0.3 is 10.2 Å². The Morgan fingerprint density at radius 3 is 2.72 bits per heavy atom. The molecule has 3 aromatic rings. The number of urea groups is 1. The molecule has 0 aliphatic carbocycles. The van der Waals surface area contributed by atoms with E-state index in [0.717, 1.165) is 18.2 Å². The molecule has 1 fully saturated rings. The Hall–Kier alpha value is -4.16. The van der Waals surface area contributed by atoms with Crippen molar-refractivity contribution < 1.29 is 22.8 Å². The van der Waals surface area contributed by atoms with E-state index in [-0.39, 0.29) is 17.6 Å². The maximum atomic E-state index is 13.4. The Labute approximate surface area is 204 Å². The molecule has 2 atom stereocenters. The lowest BCUT2D eigenvalue weighted by molar-refractivity contribution is -0.149. The van der Waals surface area contributed by atoms with Crippen molar-refractivity contribution in [2.75, 3.05) is 28.2 Å². The smallest absolute Gasteiger partial charge is 0.366 e. The fraction of sp³-hybridized carbons (Fsp3) is 0.348. The molecule has 13 heteroatoms. The molecule has 0 radical (unpaired) electrons. The van der Waals surface area contributed by atoms with Crippen LogP contribution in [0, 0.1) is 0 Å². The lowest BCUT2D eigenvalue weighted by atomic mass is 10.1. The summed E-state index contributed by atoms with van der Waals surface area (Å²) in [5, 5.41) is 9.05. The Morgan fingerprint density at radius 2 is 2.00 bits per heavy atom. The van der Waals surface area contributed by atoms with Crippen LogP contribution in [0.25, 0.3) is 11.3 Å². The number of pyridine rings is 2. The number of nitrogens with zero attached hydrogens (tertiary/aromatic N) is 6. The van der Waals surface area contributed by atoms with Gasteiger partial charge in [0.25, 0.3) is 5.91 Å². The lowest BCUT2D eigenvalue weighted by Gasteiger charge is -2.35. The number of aryl methyl sites for hydroxylation is 1. The summed E-state index contributed by atoms with van der Waals surface area (Å²) in [5.41, 5.74) is 1.91. The first-order chi connectivity index (χ1) is 17.1. The number of hydrogen-bond donors (Lipinski definition) is 2. The third-order valence-corrected chi connectivity index (χ3v) is 6.25. The van der Waals surface area contributed by atoms with Crippen molar-refractivity contribution in [2.45, 2.75) is 31.6 Å². The molecule has 5 rings (SSSR count). The van der Waals surface area contributed by atoms with Crippen LogP contribution in [-0.4, -0.2) is 63.0 Å². The van der Waals surface area contributed by atoms with Crippen LogP contribution in [0.3, 0.4) is 0 Å². The van der Waals surface area contributed by atoms with Gasteiger partial charge in [0.05, 0.1) is 17.4 Å². The number of alkyl halides is 3. The second kappa shape index (κ2) is 8.81. The quantitative estimate of drug-likeness (QED) is 0.570. The van der Waals surface area contributed by atoms with Gasteiger partial charge in [0.1, 0.15) is 17.6 Å². The van der Waals surface area contributed by atoms with Crippen LogP contribution >= 0.6 is 0 Å². The van der Waals surface area contributed by atoms with Crippen LogP contribution in [0.15, 0.2) is 42.7 Å². The SMILES string of the molecule is CC(NC(=O)c1ccc2c(n1)N(C(=O)Nc1cc(-c3ccn(C)n3)ccn1)[C@H]1CCN2C1)C(F)(F)F. The van der Waals surface area contributed by atoms with Gasteiger partial charge in [0, 0.05) is 38.1 Å². The fourth-order valence-electron chi connectivity index (χ4n) is 4.35. The van der Waals surface area contributed by atoms with Crippen molar-refractivity contribution in [3.8, 4) is 11.3 Å². The molecule has 2 bridgehead atoms. The van der Waals surface area contributed by atoms with Gasteiger partial charge >= 0.3 is 12.2 Å². The number of nitrogens with one attached hydrogen (secondary N) is 2. The summed E-state index contributed by atoms with van der Waals surface area (Å²) in [4.78, 5) is 37.9. The Kier molecular flexibility index (Phi) is 5.77. The molecule has 0 spiro atoms. The van der Waals surface area contributed by atoms with Crippen molar-refractivity contribution in [3.63, 3.8) is 0 Å². The van der Waals surface area contributed by atoms with Gasteiger partial charge in [0.2, 0.25) is 0 Å². The third kappa shape index (κ3) is 4.43. The zero-order valence-electron chi connectivity index (χ0n) is 19.5. The number of amides is 3. The summed E-state index contributed by atoms with van der Waals surface area (Å²) < 4.78 is 40.4. The van der Waals surface area contributed by atoms with Crippen molar-refractivity contribution in [1.29, 1.82) is 0 Å². The normalized spacial score (nSPS) is 17.5. The van der Waals surface area contributed by atoms with Gasteiger partial charge in [-0.3, -0.25) is 19.7 Å². The van der Waals surface area contributed by atoms with Crippen LogP contribution in [-0.2, 0) is 7.05 Å². The summed E-state index contributed by atoms with van der Waals surface area (Å²) in [7, 11) is 1.80. The molecular formula is C23H23F3N8O2. The van der Waals surface area contributed by atoms with E-state index in [2.05, 4.69) is 20.4 Å². The molecule has 3 amide bonds. The molecule has 2 aliphatic rings. The van der Waals surface area contributed by atoms with Crippen LogP contribution in [0.4, 0.5) is 35.3 Å². The van der Waals surface area contributed by atoms with Gasteiger partial charge in [-0.15, -0.1) is 0 Å². The molecule has 36 heavy (non-hydrogen) atoms. The summed E-state index contributed by atoms with van der Waals surface area (Å²) in [6, 6.07) is 5.53. The average molecular weight is 500 g/mol. The molecule has 0 aromatic carbocycles. The number of aromatic nitrogens is 4. The third-order valence-electron chi connectivity index (χ3n) is 6.25. The van der Waals surface area contributed by atoms with Crippen molar-refractivity contribution in [2.24, 2.45) is 7.05 Å². The number of hydrogen-bond acceptors (Lipinski definition) is 6. The molecular weight excluding hydrogens is 477 g/mol. The van der Waals surface area contributed by atoms with E-state index >= 15 is 0 Å². The minimum absolute atomic E-state index is 0.208. The lowest BCUT2D eigenvalue weighted by Crippen LogP contribution is -2.49. The molecule has 3 aromatic heterocycles. The van der Waals surface area contributed by atoms with Crippen LogP contribution < -0.4 is 20.4 Å². The van der Waals surface area contributed by atoms with Crippen LogP contribution in [0.2, 0.25) is 0 Å². The van der Waals surface area contributed by atoms with Gasteiger partial charge in [-0.25, -0.2) is 14.8 Å². The minimum atomic E-state index is -4.59. The van der Waals surface area contributed by atoms with Crippen LogP contribution in [0.1, 0.15) is 23.8 Å². The zero-order chi connectivity index (χ0) is 25.6. The zero-order valence-corrected chi connectivity index (χ0v) is 19.5. The number of fused-ring (bicyclic) bond motifs is 4. The van der Waals surface area contributed by atoms with Crippen molar-refractivity contribution in [1.82, 2.24) is 25.1 Å². The molecule has 2 N–H and O–H groups in total. The number of carbonyl (C=O) groups excluding carboxylic acids is 2. The monoisotopic (exact) mass is 500 g/mol. The minimum Gasteiger partial charge on any atom is -0.366 e. The molecule has 188 valence electrons. The summed E-state index contributed by atoms with van der Waals surface area (Å²) >= 11 is 0. The first-order valence-electron chi connectivity index (χ1n) is 11.3. The van der Waals surface area contributed by atoms with E-state index < -0.39 is 24.2 Å². The summed E-state index contributed by atoms with van der Waals surface area (Å²) in [6.45, 7) is 2.13. The number of carbonyl (C=O) groups is 2. The highest BCUT2D eigenvalue weighted by Crippen LogP contribution is 2.39. The molecule has 1 saturated heterocycles. The first-order valence-corrected chi connectivity index (χ1v) is 11.3. The highest BCUT2D eigenvalue weighted by Gasteiger charge is 2.41. The topological polar surface area (TPSA) is 108 Å². The predicted molar refractivity (Wildman–Crippen MR) is 126 cm³/mol. The summed E-state index contributed by atoms with van der Waals surface area (Å²) in [6.07, 6.45) is -0.543. The maximum absolute atomic E-state index is 13.4. The van der Waals surface area contributed by atoms with Gasteiger partial charge in [-0.2, -0.15) is 18.3 Å².